The van der Waals surface area contributed by atoms with Gasteiger partial charge in [-0.1, -0.05) is 19.0 Å². The van der Waals surface area contributed by atoms with E-state index in [2.05, 4.69) is 46.4 Å². The Morgan fingerprint density at radius 3 is 2.55 bits per heavy atom. The molecule has 0 radical (unpaired) electrons. The van der Waals surface area contributed by atoms with E-state index in [9.17, 15) is 4.79 Å². The molecular formula is C21H39IN6O3. The average molecular weight is 550 g/mol. The maximum Gasteiger partial charge on any atom is 0.234 e. The Bertz CT molecular complexity index is 657. The standard InChI is InChI=1S/C21H38N6O3.HI/c1-5-17(6-2)19-14-18(30-25-19)15-24-21(22-7-3)27-11-9-26(10-12-27)16-20(28)23-8-13-29-4;/h14,17H,5-13,15-16H2,1-4H3,(H,22,24)(H,23,28);1H. The van der Waals surface area contributed by atoms with E-state index >= 15 is 0 Å². The predicted octanol–water partition coefficient (Wildman–Crippen LogP) is 2.04. The molecular weight excluding hydrogens is 511 g/mol. The van der Waals surface area contributed by atoms with Crippen molar-refractivity contribution in [3.05, 3.63) is 17.5 Å². The van der Waals surface area contributed by atoms with Crippen LogP contribution in [0.25, 0.3) is 0 Å². The minimum atomic E-state index is 0. The molecule has 1 aliphatic heterocycles. The van der Waals surface area contributed by atoms with Gasteiger partial charge in [0.1, 0.15) is 6.54 Å². The van der Waals surface area contributed by atoms with Gasteiger partial charge in [0.05, 0.1) is 18.8 Å². The van der Waals surface area contributed by atoms with E-state index in [1.807, 2.05) is 6.07 Å². The summed E-state index contributed by atoms with van der Waals surface area (Å²) in [5, 5.41) is 10.5. The predicted molar refractivity (Wildman–Crippen MR) is 133 cm³/mol. The first kappa shape index (κ1) is 27.6. The number of carbonyl (C=O) groups excluding carboxylic acids is 1. The van der Waals surface area contributed by atoms with Crippen LogP contribution in [0.4, 0.5) is 0 Å². The quantitative estimate of drug-likeness (QED) is 0.189. The number of halogens is 1. The molecule has 0 aromatic carbocycles. The van der Waals surface area contributed by atoms with Crippen LogP contribution in [0, 0.1) is 0 Å². The number of methoxy groups -OCH3 is 1. The zero-order valence-electron chi connectivity index (χ0n) is 19.4. The molecule has 1 fully saturated rings. The molecule has 1 aromatic heterocycles. The molecule has 9 nitrogen and oxygen atoms in total. The largest absolute Gasteiger partial charge is 0.383 e. The van der Waals surface area contributed by atoms with Crippen LogP contribution in [0.2, 0.25) is 0 Å². The third kappa shape index (κ3) is 9.32. The number of ether oxygens (including phenoxy) is 1. The van der Waals surface area contributed by atoms with E-state index < -0.39 is 0 Å². The second-order valence-corrected chi connectivity index (χ2v) is 7.51. The second-order valence-electron chi connectivity index (χ2n) is 7.51. The van der Waals surface area contributed by atoms with Crippen molar-refractivity contribution in [2.45, 2.75) is 46.1 Å². The number of amides is 1. The van der Waals surface area contributed by atoms with Gasteiger partial charge < -0.3 is 24.8 Å². The van der Waals surface area contributed by atoms with E-state index in [4.69, 9.17) is 14.3 Å². The Labute approximate surface area is 203 Å². The van der Waals surface area contributed by atoms with Crippen molar-refractivity contribution in [1.29, 1.82) is 0 Å². The van der Waals surface area contributed by atoms with E-state index in [1.54, 1.807) is 7.11 Å². The summed E-state index contributed by atoms with van der Waals surface area (Å²) in [6, 6.07) is 2.03. The Morgan fingerprint density at radius 2 is 1.94 bits per heavy atom. The number of rotatable bonds is 11. The lowest BCUT2D eigenvalue weighted by molar-refractivity contribution is -0.122. The minimum Gasteiger partial charge on any atom is -0.383 e. The van der Waals surface area contributed by atoms with E-state index in [1.165, 1.54) is 0 Å². The first-order valence-corrected chi connectivity index (χ1v) is 11.1. The van der Waals surface area contributed by atoms with E-state index in [0.717, 1.165) is 63.0 Å². The number of nitrogens with zero attached hydrogens (tertiary/aromatic N) is 4. The molecule has 0 atom stereocenters. The molecule has 0 spiro atoms. The molecule has 1 amide bonds. The topological polar surface area (TPSA) is 95.2 Å². The van der Waals surface area contributed by atoms with Crippen molar-refractivity contribution in [3.8, 4) is 0 Å². The highest BCUT2D eigenvalue weighted by Crippen LogP contribution is 2.22. The Hall–Kier alpha value is -1.40. The van der Waals surface area contributed by atoms with Crippen molar-refractivity contribution in [1.82, 2.24) is 25.6 Å². The highest BCUT2D eigenvalue weighted by atomic mass is 127. The van der Waals surface area contributed by atoms with Gasteiger partial charge in [-0.25, -0.2) is 4.99 Å². The molecule has 31 heavy (non-hydrogen) atoms. The van der Waals surface area contributed by atoms with Gasteiger partial charge in [0.15, 0.2) is 11.7 Å². The Kier molecular flexibility index (Phi) is 13.7. The molecule has 2 N–H and O–H groups in total. The van der Waals surface area contributed by atoms with Crippen molar-refractivity contribution in [2.75, 3.05) is 59.5 Å². The summed E-state index contributed by atoms with van der Waals surface area (Å²) in [6.07, 6.45) is 2.12. The molecule has 0 saturated carbocycles. The van der Waals surface area contributed by atoms with Gasteiger partial charge in [-0.05, 0) is 19.8 Å². The normalized spacial score (nSPS) is 15.1. The Morgan fingerprint density at radius 1 is 1.23 bits per heavy atom. The fraction of sp³-hybridized carbons (Fsp3) is 0.762. The van der Waals surface area contributed by atoms with Crippen LogP contribution in [-0.4, -0.2) is 86.4 Å². The molecule has 2 rings (SSSR count). The smallest absolute Gasteiger partial charge is 0.234 e. The van der Waals surface area contributed by atoms with Gasteiger partial charge >= 0.3 is 0 Å². The summed E-state index contributed by atoms with van der Waals surface area (Å²) < 4.78 is 10.5. The maximum absolute atomic E-state index is 12.0. The van der Waals surface area contributed by atoms with Gasteiger partial charge in [0.2, 0.25) is 5.91 Å². The number of piperazine rings is 1. The number of hydrogen-bond donors (Lipinski definition) is 2. The van der Waals surface area contributed by atoms with Crippen molar-refractivity contribution < 1.29 is 14.1 Å². The van der Waals surface area contributed by atoms with Gasteiger partial charge in [-0.15, -0.1) is 24.0 Å². The second kappa shape index (κ2) is 15.4. The van der Waals surface area contributed by atoms with Crippen LogP contribution in [-0.2, 0) is 16.1 Å². The number of aromatic nitrogens is 1. The van der Waals surface area contributed by atoms with Gasteiger partial charge in [0, 0.05) is 58.4 Å². The molecule has 2 heterocycles. The zero-order chi connectivity index (χ0) is 21.8. The van der Waals surface area contributed by atoms with Crippen LogP contribution in [0.15, 0.2) is 15.6 Å². The number of carbonyl (C=O) groups is 1. The third-order valence-corrected chi connectivity index (χ3v) is 5.37. The number of nitrogens with one attached hydrogen (secondary N) is 2. The van der Waals surface area contributed by atoms with Crippen LogP contribution in [0.5, 0.6) is 0 Å². The summed E-state index contributed by atoms with van der Waals surface area (Å²) in [5.74, 6) is 2.15. The summed E-state index contributed by atoms with van der Waals surface area (Å²) in [7, 11) is 1.63. The van der Waals surface area contributed by atoms with Crippen molar-refractivity contribution in [3.63, 3.8) is 0 Å². The Balaban J connectivity index is 0.00000480. The lowest BCUT2D eigenvalue weighted by Crippen LogP contribution is -2.54. The van der Waals surface area contributed by atoms with E-state index in [0.29, 0.717) is 32.2 Å². The van der Waals surface area contributed by atoms with Gasteiger partial charge in [-0.2, -0.15) is 0 Å². The molecule has 0 bridgehead atoms. The number of guanidine groups is 1. The fourth-order valence-corrected chi connectivity index (χ4v) is 3.55. The van der Waals surface area contributed by atoms with Crippen molar-refractivity contribution in [2.24, 2.45) is 4.99 Å². The number of hydrogen-bond acceptors (Lipinski definition) is 6. The van der Waals surface area contributed by atoms with Crippen LogP contribution >= 0.6 is 24.0 Å². The molecule has 1 aromatic rings. The first-order valence-electron chi connectivity index (χ1n) is 11.1. The fourth-order valence-electron chi connectivity index (χ4n) is 3.55. The zero-order valence-corrected chi connectivity index (χ0v) is 21.7. The summed E-state index contributed by atoms with van der Waals surface area (Å²) >= 11 is 0. The van der Waals surface area contributed by atoms with Crippen molar-refractivity contribution >= 4 is 35.8 Å². The highest BCUT2D eigenvalue weighted by molar-refractivity contribution is 14.0. The molecule has 0 unspecified atom stereocenters. The lowest BCUT2D eigenvalue weighted by atomic mass is 9.99. The van der Waals surface area contributed by atoms with Gasteiger partial charge in [0.25, 0.3) is 0 Å². The van der Waals surface area contributed by atoms with E-state index in [-0.39, 0.29) is 29.9 Å². The molecule has 0 aliphatic carbocycles. The summed E-state index contributed by atoms with van der Waals surface area (Å²) in [4.78, 5) is 21.1. The van der Waals surface area contributed by atoms with Gasteiger partial charge in [-0.3, -0.25) is 9.69 Å². The maximum atomic E-state index is 12.0. The summed E-state index contributed by atoms with van der Waals surface area (Å²) in [6.45, 7) is 12.5. The molecule has 10 heteroatoms. The average Bonchev–Trinajstić information content (AvgIpc) is 3.21. The highest BCUT2D eigenvalue weighted by Gasteiger charge is 2.21. The number of aliphatic imine (C=N–C) groups is 1. The minimum absolute atomic E-state index is 0. The first-order chi connectivity index (χ1) is 14.6. The lowest BCUT2D eigenvalue weighted by Gasteiger charge is -2.36. The monoisotopic (exact) mass is 550 g/mol. The van der Waals surface area contributed by atoms with Crippen LogP contribution < -0.4 is 10.6 Å². The molecule has 178 valence electrons. The van der Waals surface area contributed by atoms with Crippen LogP contribution in [0.1, 0.15) is 51.0 Å². The molecule has 1 saturated heterocycles. The summed E-state index contributed by atoms with van der Waals surface area (Å²) in [5.41, 5.74) is 1.02. The third-order valence-electron chi connectivity index (χ3n) is 5.37. The SMILES string of the molecule is CCNC(=NCc1cc(C(CC)CC)no1)N1CCN(CC(=O)NCCOC)CC1.I. The van der Waals surface area contributed by atoms with Crippen LogP contribution in [0.3, 0.4) is 0 Å². The molecule has 1 aliphatic rings.